The summed E-state index contributed by atoms with van der Waals surface area (Å²) in [6.07, 6.45) is 0. The van der Waals surface area contributed by atoms with Gasteiger partial charge >= 0.3 is 5.97 Å². The monoisotopic (exact) mass is 313 g/mol. The molecule has 0 radical (unpaired) electrons. The molecule has 0 bridgehead atoms. The molecule has 18 heavy (non-hydrogen) atoms. The summed E-state index contributed by atoms with van der Waals surface area (Å²) in [5, 5.41) is 0.484. The number of benzene rings is 1. The topological polar surface area (TPSA) is 52.3 Å². The van der Waals surface area contributed by atoms with Crippen molar-refractivity contribution in [3.63, 3.8) is 0 Å². The summed E-state index contributed by atoms with van der Waals surface area (Å²) in [5.74, 6) is -0.651. The molecule has 2 unspecified atom stereocenters. The lowest BCUT2D eigenvalue weighted by molar-refractivity contribution is -0.159. The Morgan fingerprint density at radius 1 is 1.33 bits per heavy atom. The minimum absolute atomic E-state index is 0.268. The van der Waals surface area contributed by atoms with Gasteiger partial charge in [-0.1, -0.05) is 46.3 Å². The van der Waals surface area contributed by atoms with Crippen molar-refractivity contribution in [2.45, 2.75) is 32.4 Å². The predicted octanol–water partition coefficient (Wildman–Crippen LogP) is 3.04. The molecule has 1 rings (SSSR count). The van der Waals surface area contributed by atoms with Crippen LogP contribution >= 0.6 is 15.9 Å². The van der Waals surface area contributed by atoms with E-state index in [9.17, 15) is 4.79 Å². The fourth-order valence-corrected chi connectivity index (χ4v) is 2.26. The van der Waals surface area contributed by atoms with Crippen molar-refractivity contribution in [1.29, 1.82) is 0 Å². The number of rotatable bonds is 4. The van der Waals surface area contributed by atoms with Gasteiger partial charge in [0.1, 0.15) is 5.60 Å². The average molecular weight is 314 g/mol. The van der Waals surface area contributed by atoms with E-state index in [-0.39, 0.29) is 17.9 Å². The van der Waals surface area contributed by atoms with Gasteiger partial charge in [-0.05, 0) is 26.3 Å². The molecule has 0 aliphatic rings. The summed E-state index contributed by atoms with van der Waals surface area (Å²) >= 11 is 3.34. The molecule has 3 nitrogen and oxygen atoms in total. The molecule has 1 aromatic carbocycles. The summed E-state index contributed by atoms with van der Waals surface area (Å²) in [5.41, 5.74) is 6.58. The van der Waals surface area contributed by atoms with E-state index in [4.69, 9.17) is 10.5 Å². The second kappa shape index (κ2) is 6.34. The summed E-state index contributed by atoms with van der Waals surface area (Å²) in [4.78, 5) is 12.1. The van der Waals surface area contributed by atoms with E-state index < -0.39 is 5.60 Å². The molecule has 0 spiro atoms. The van der Waals surface area contributed by atoms with Gasteiger partial charge in [-0.2, -0.15) is 0 Å². The molecule has 0 saturated carbocycles. The van der Waals surface area contributed by atoms with E-state index in [2.05, 4.69) is 15.9 Å². The van der Waals surface area contributed by atoms with Crippen molar-refractivity contribution in [2.75, 3.05) is 5.33 Å². The summed E-state index contributed by atoms with van der Waals surface area (Å²) in [6.45, 7) is 5.55. The Bertz CT molecular complexity index is 387. The molecule has 100 valence electrons. The third-order valence-corrected chi connectivity index (χ3v) is 3.19. The molecular weight excluding hydrogens is 294 g/mol. The first kappa shape index (κ1) is 15.2. The molecule has 4 heteroatoms. The Labute approximate surface area is 117 Å². The number of esters is 1. The van der Waals surface area contributed by atoms with Gasteiger partial charge in [0.25, 0.3) is 0 Å². The second-order valence-electron chi connectivity index (χ2n) is 5.23. The van der Waals surface area contributed by atoms with E-state index in [0.29, 0.717) is 5.33 Å². The third-order valence-electron chi connectivity index (χ3n) is 2.49. The highest BCUT2D eigenvalue weighted by atomic mass is 79.9. The molecule has 0 heterocycles. The quantitative estimate of drug-likeness (QED) is 0.686. The first-order chi connectivity index (χ1) is 8.35. The van der Waals surface area contributed by atoms with Crippen LogP contribution < -0.4 is 5.73 Å². The number of ether oxygens (including phenoxy) is 1. The maximum absolute atomic E-state index is 12.1. The van der Waals surface area contributed by atoms with Crippen LogP contribution in [0.4, 0.5) is 0 Å². The lowest BCUT2D eigenvalue weighted by Gasteiger charge is -2.26. The van der Waals surface area contributed by atoms with Crippen LogP contribution in [0.5, 0.6) is 0 Å². The maximum Gasteiger partial charge on any atom is 0.312 e. The third kappa shape index (κ3) is 4.42. The van der Waals surface area contributed by atoms with Crippen molar-refractivity contribution >= 4 is 21.9 Å². The van der Waals surface area contributed by atoms with E-state index in [1.165, 1.54) is 0 Å². The van der Waals surface area contributed by atoms with Crippen molar-refractivity contribution in [1.82, 2.24) is 0 Å². The van der Waals surface area contributed by atoms with Gasteiger partial charge < -0.3 is 10.5 Å². The molecule has 2 atom stereocenters. The van der Waals surface area contributed by atoms with Crippen LogP contribution in [0.2, 0.25) is 0 Å². The van der Waals surface area contributed by atoms with Crippen LogP contribution in [0.3, 0.4) is 0 Å². The molecule has 0 aliphatic heterocycles. The maximum atomic E-state index is 12.1. The molecule has 0 fully saturated rings. The minimum atomic E-state index is -0.492. The normalized spacial score (nSPS) is 14.9. The van der Waals surface area contributed by atoms with Crippen molar-refractivity contribution in [2.24, 2.45) is 11.7 Å². The molecule has 0 aliphatic carbocycles. The number of carbonyl (C=O) groups is 1. The van der Waals surface area contributed by atoms with E-state index in [1.54, 1.807) is 0 Å². The highest BCUT2D eigenvalue weighted by Crippen LogP contribution is 2.24. The largest absolute Gasteiger partial charge is 0.460 e. The van der Waals surface area contributed by atoms with Crippen LogP contribution in [-0.4, -0.2) is 16.9 Å². The van der Waals surface area contributed by atoms with E-state index >= 15 is 0 Å². The van der Waals surface area contributed by atoms with Gasteiger partial charge in [-0.25, -0.2) is 0 Å². The Balaban J connectivity index is 2.81. The van der Waals surface area contributed by atoms with Crippen LogP contribution in [0, 0.1) is 5.92 Å². The van der Waals surface area contributed by atoms with Gasteiger partial charge in [0, 0.05) is 11.4 Å². The number of nitrogens with two attached hydrogens (primary N) is 1. The number of hydrogen-bond donors (Lipinski definition) is 1. The zero-order chi connectivity index (χ0) is 13.8. The molecule has 0 amide bonds. The smallest absolute Gasteiger partial charge is 0.312 e. The van der Waals surface area contributed by atoms with Crippen LogP contribution in [-0.2, 0) is 9.53 Å². The van der Waals surface area contributed by atoms with Gasteiger partial charge in [0.2, 0.25) is 0 Å². The summed E-state index contributed by atoms with van der Waals surface area (Å²) < 4.78 is 5.38. The van der Waals surface area contributed by atoms with Crippen LogP contribution in [0.25, 0.3) is 0 Å². The Kier molecular flexibility index (Phi) is 5.35. The minimum Gasteiger partial charge on any atom is -0.460 e. The second-order valence-corrected chi connectivity index (χ2v) is 5.88. The number of alkyl halides is 1. The first-order valence-electron chi connectivity index (χ1n) is 5.94. The predicted molar refractivity (Wildman–Crippen MR) is 76.5 cm³/mol. The van der Waals surface area contributed by atoms with Crippen molar-refractivity contribution in [3.05, 3.63) is 35.9 Å². The van der Waals surface area contributed by atoms with Crippen molar-refractivity contribution in [3.8, 4) is 0 Å². The van der Waals surface area contributed by atoms with E-state index in [0.717, 1.165) is 5.56 Å². The van der Waals surface area contributed by atoms with Crippen LogP contribution in [0.1, 0.15) is 32.4 Å². The van der Waals surface area contributed by atoms with Gasteiger partial charge in [-0.15, -0.1) is 0 Å². The highest BCUT2D eigenvalue weighted by Gasteiger charge is 2.30. The fourth-order valence-electron chi connectivity index (χ4n) is 1.59. The molecule has 0 saturated heterocycles. The zero-order valence-corrected chi connectivity index (χ0v) is 12.6. The first-order valence-corrected chi connectivity index (χ1v) is 7.06. The molecule has 1 aromatic rings. The summed E-state index contributed by atoms with van der Waals surface area (Å²) in [6, 6.07) is 9.23. The zero-order valence-electron chi connectivity index (χ0n) is 11.0. The van der Waals surface area contributed by atoms with Gasteiger partial charge in [0.05, 0.1) is 5.92 Å². The molecular formula is C14H20BrNO2. The fraction of sp³-hybridized carbons (Fsp3) is 0.500. The lowest BCUT2D eigenvalue weighted by atomic mass is 9.95. The SMILES string of the molecule is CC(C)(C)OC(=O)C(CBr)C(N)c1ccccc1. The Morgan fingerprint density at radius 2 is 1.89 bits per heavy atom. The summed E-state index contributed by atoms with van der Waals surface area (Å²) in [7, 11) is 0. The van der Waals surface area contributed by atoms with Gasteiger partial charge in [-0.3, -0.25) is 4.79 Å². The lowest BCUT2D eigenvalue weighted by Crippen LogP contribution is -2.35. The molecule has 0 aromatic heterocycles. The number of hydrogen-bond acceptors (Lipinski definition) is 3. The Morgan fingerprint density at radius 3 is 2.33 bits per heavy atom. The van der Waals surface area contributed by atoms with E-state index in [1.807, 2.05) is 51.1 Å². The highest BCUT2D eigenvalue weighted by molar-refractivity contribution is 9.09. The Hall–Kier alpha value is -0.870. The van der Waals surface area contributed by atoms with Crippen molar-refractivity contribution < 1.29 is 9.53 Å². The van der Waals surface area contributed by atoms with Gasteiger partial charge in [0.15, 0.2) is 0 Å². The molecule has 2 N–H and O–H groups in total. The standard InChI is InChI=1S/C14H20BrNO2/c1-14(2,3)18-13(17)11(9-15)12(16)10-7-5-4-6-8-10/h4-8,11-12H,9,16H2,1-3H3. The average Bonchev–Trinajstić information content (AvgIpc) is 2.28. The van der Waals surface area contributed by atoms with Crippen LogP contribution in [0.15, 0.2) is 30.3 Å². The number of halogens is 1. The number of carbonyl (C=O) groups excluding carboxylic acids is 1.